The van der Waals surface area contributed by atoms with Crippen molar-refractivity contribution >= 4 is 14.3 Å². The predicted molar refractivity (Wildman–Crippen MR) is 120 cm³/mol. The van der Waals surface area contributed by atoms with Crippen molar-refractivity contribution in [2.45, 2.75) is 90.8 Å². The highest BCUT2D eigenvalue weighted by molar-refractivity contribution is 6.74. The van der Waals surface area contributed by atoms with Gasteiger partial charge in [-0.05, 0) is 56.6 Å². The molecule has 0 N–H and O–H groups in total. The molecule has 0 saturated carbocycles. The number of rotatable bonds is 11. The van der Waals surface area contributed by atoms with Gasteiger partial charge < -0.3 is 18.6 Å². The van der Waals surface area contributed by atoms with Gasteiger partial charge in [-0.15, -0.1) is 0 Å². The lowest BCUT2D eigenvalue weighted by Gasteiger charge is -2.39. The van der Waals surface area contributed by atoms with Crippen LogP contribution in [0.15, 0.2) is 24.3 Å². The molecule has 3 atom stereocenters. The quantitative estimate of drug-likeness (QED) is 0.353. The first-order valence-corrected chi connectivity index (χ1v) is 13.4. The Bertz CT molecular complexity index is 621. The van der Waals surface area contributed by atoms with E-state index in [4.69, 9.17) is 18.6 Å². The Labute approximate surface area is 178 Å². The van der Waals surface area contributed by atoms with Crippen LogP contribution in [0.4, 0.5) is 0 Å². The van der Waals surface area contributed by atoms with Crippen molar-refractivity contribution < 1.29 is 23.4 Å². The lowest BCUT2D eigenvalue weighted by atomic mass is 10.1. The number of carbonyl (C=O) groups is 1. The van der Waals surface area contributed by atoms with Gasteiger partial charge in [-0.3, -0.25) is 0 Å². The summed E-state index contributed by atoms with van der Waals surface area (Å²) in [5.41, 5.74) is 1.000. The lowest BCUT2D eigenvalue weighted by molar-refractivity contribution is -0.154. The summed E-state index contributed by atoms with van der Waals surface area (Å²) >= 11 is 0. The second-order valence-electron chi connectivity index (χ2n) is 9.18. The molecule has 1 aromatic carbocycles. The number of esters is 1. The highest BCUT2D eigenvalue weighted by Crippen LogP contribution is 2.37. The van der Waals surface area contributed by atoms with E-state index in [1.54, 1.807) is 6.92 Å². The number of methoxy groups -OCH3 is 1. The summed E-state index contributed by atoms with van der Waals surface area (Å²) in [5, 5.41) is 0.199. The average molecular weight is 425 g/mol. The second kappa shape index (κ2) is 11.1. The number of ether oxygens (including phenoxy) is 3. The number of carbonyl (C=O) groups excluding carboxylic acids is 1. The van der Waals surface area contributed by atoms with E-state index in [2.05, 4.69) is 47.7 Å². The Morgan fingerprint density at radius 2 is 1.66 bits per heavy atom. The molecular formula is C23H40O5Si. The van der Waals surface area contributed by atoms with Crippen LogP contribution in [0.3, 0.4) is 0 Å². The molecule has 0 aliphatic heterocycles. The Morgan fingerprint density at radius 3 is 2.14 bits per heavy atom. The molecule has 1 rings (SSSR count). The lowest BCUT2D eigenvalue weighted by Crippen LogP contribution is -2.44. The van der Waals surface area contributed by atoms with E-state index >= 15 is 0 Å². The maximum absolute atomic E-state index is 11.9. The highest BCUT2D eigenvalue weighted by atomic mass is 28.4. The van der Waals surface area contributed by atoms with Crippen LogP contribution in [-0.4, -0.2) is 46.3 Å². The van der Waals surface area contributed by atoms with Crippen LogP contribution in [-0.2, 0) is 25.1 Å². The van der Waals surface area contributed by atoms with Gasteiger partial charge in [0.1, 0.15) is 5.75 Å². The molecule has 0 fully saturated rings. The summed E-state index contributed by atoms with van der Waals surface area (Å²) < 4.78 is 22.8. The smallest absolute Gasteiger partial charge is 0.335 e. The molecule has 166 valence electrons. The molecule has 0 aliphatic rings. The maximum atomic E-state index is 11.9. The van der Waals surface area contributed by atoms with E-state index in [1.807, 2.05) is 24.3 Å². The summed E-state index contributed by atoms with van der Waals surface area (Å²) in [5.74, 6) is 0.477. The molecule has 0 aliphatic carbocycles. The van der Waals surface area contributed by atoms with Crippen molar-refractivity contribution in [3.05, 3.63) is 29.8 Å². The Hall–Kier alpha value is -1.37. The minimum Gasteiger partial charge on any atom is -0.491 e. The van der Waals surface area contributed by atoms with Gasteiger partial charge in [-0.1, -0.05) is 32.9 Å². The SMILES string of the molecule is CCOC(=O)[C@H](Cc1ccc(O[C@H](C)C[C@@H](C)O[Si](C)(C)C(C)(C)C)cc1)OC. The van der Waals surface area contributed by atoms with Gasteiger partial charge in [-0.2, -0.15) is 0 Å². The van der Waals surface area contributed by atoms with Crippen molar-refractivity contribution in [2.24, 2.45) is 0 Å². The van der Waals surface area contributed by atoms with Gasteiger partial charge in [0.15, 0.2) is 14.4 Å². The summed E-state index contributed by atoms with van der Waals surface area (Å²) in [6, 6.07) is 7.79. The zero-order chi connectivity index (χ0) is 22.2. The number of hydrogen-bond acceptors (Lipinski definition) is 5. The van der Waals surface area contributed by atoms with Crippen LogP contribution in [0.25, 0.3) is 0 Å². The van der Waals surface area contributed by atoms with Gasteiger partial charge in [0.2, 0.25) is 0 Å². The van der Waals surface area contributed by atoms with E-state index in [0.29, 0.717) is 13.0 Å². The fourth-order valence-electron chi connectivity index (χ4n) is 2.89. The van der Waals surface area contributed by atoms with E-state index in [0.717, 1.165) is 17.7 Å². The van der Waals surface area contributed by atoms with Gasteiger partial charge in [0.05, 0.1) is 12.7 Å². The Balaban J connectivity index is 2.58. The second-order valence-corrected chi connectivity index (χ2v) is 13.9. The third kappa shape index (κ3) is 8.48. The Kier molecular flexibility index (Phi) is 9.85. The van der Waals surface area contributed by atoms with Crippen LogP contribution in [0.1, 0.15) is 53.5 Å². The van der Waals surface area contributed by atoms with Crippen molar-refractivity contribution in [1.29, 1.82) is 0 Å². The van der Waals surface area contributed by atoms with Gasteiger partial charge >= 0.3 is 5.97 Å². The molecule has 6 heteroatoms. The molecule has 0 radical (unpaired) electrons. The maximum Gasteiger partial charge on any atom is 0.335 e. The minimum absolute atomic E-state index is 0.0480. The molecule has 0 unspecified atom stereocenters. The topological polar surface area (TPSA) is 54.0 Å². The van der Waals surface area contributed by atoms with Crippen LogP contribution < -0.4 is 4.74 Å². The molecule has 0 heterocycles. The summed E-state index contributed by atoms with van der Waals surface area (Å²) in [6.07, 6.45) is 0.920. The van der Waals surface area contributed by atoms with E-state index < -0.39 is 14.4 Å². The highest BCUT2D eigenvalue weighted by Gasteiger charge is 2.38. The number of benzene rings is 1. The standard InChI is InChI=1S/C23H40O5Si/c1-10-26-22(24)21(25-7)16-19-11-13-20(14-12-19)27-17(2)15-18(3)28-29(8,9)23(4,5)6/h11-14,17-18,21H,10,15-16H2,1-9H3/t17-,18-,21+/m1/s1. The van der Waals surface area contributed by atoms with Crippen molar-refractivity contribution in [3.63, 3.8) is 0 Å². The molecule has 1 aromatic rings. The van der Waals surface area contributed by atoms with Crippen LogP contribution in [0.2, 0.25) is 18.1 Å². The summed E-state index contributed by atoms with van der Waals surface area (Å²) in [7, 11) is -0.253. The van der Waals surface area contributed by atoms with Gasteiger partial charge in [-0.25, -0.2) is 4.79 Å². The normalized spacial score (nSPS) is 15.5. The third-order valence-electron chi connectivity index (χ3n) is 5.48. The van der Waals surface area contributed by atoms with Crippen LogP contribution >= 0.6 is 0 Å². The molecule has 29 heavy (non-hydrogen) atoms. The van der Waals surface area contributed by atoms with Crippen LogP contribution in [0, 0.1) is 0 Å². The third-order valence-corrected chi connectivity index (χ3v) is 10.1. The summed E-state index contributed by atoms with van der Waals surface area (Å²) in [4.78, 5) is 11.9. The Morgan fingerprint density at radius 1 is 1.07 bits per heavy atom. The molecule has 5 nitrogen and oxygen atoms in total. The van der Waals surface area contributed by atoms with Gasteiger partial charge in [0, 0.05) is 26.1 Å². The predicted octanol–water partition coefficient (Wildman–Crippen LogP) is 5.37. The van der Waals surface area contributed by atoms with Crippen LogP contribution in [0.5, 0.6) is 5.75 Å². The first-order valence-electron chi connectivity index (χ1n) is 10.5. The number of hydrogen-bond donors (Lipinski definition) is 0. The minimum atomic E-state index is -1.77. The molecule has 0 spiro atoms. The average Bonchev–Trinajstić information content (AvgIpc) is 2.59. The molecular weight excluding hydrogens is 384 g/mol. The fraction of sp³-hybridized carbons (Fsp3) is 0.696. The zero-order valence-corrected chi connectivity index (χ0v) is 20.7. The van der Waals surface area contributed by atoms with Crippen molar-refractivity contribution in [3.8, 4) is 5.75 Å². The van der Waals surface area contributed by atoms with E-state index in [1.165, 1.54) is 7.11 Å². The molecule has 0 saturated heterocycles. The zero-order valence-electron chi connectivity index (χ0n) is 19.7. The van der Waals surface area contributed by atoms with Crippen molar-refractivity contribution in [2.75, 3.05) is 13.7 Å². The largest absolute Gasteiger partial charge is 0.491 e. The monoisotopic (exact) mass is 424 g/mol. The first kappa shape index (κ1) is 25.7. The summed E-state index contributed by atoms with van der Waals surface area (Å²) in [6.45, 7) is 17.6. The first-order chi connectivity index (χ1) is 13.4. The van der Waals surface area contributed by atoms with Crippen molar-refractivity contribution in [1.82, 2.24) is 0 Å². The van der Waals surface area contributed by atoms with E-state index in [-0.39, 0.29) is 23.2 Å². The molecule has 0 amide bonds. The van der Waals surface area contributed by atoms with E-state index in [9.17, 15) is 4.79 Å². The van der Waals surface area contributed by atoms with Gasteiger partial charge in [0.25, 0.3) is 0 Å². The molecule has 0 aromatic heterocycles. The molecule has 0 bridgehead atoms. The fourth-order valence-corrected chi connectivity index (χ4v) is 4.35.